The summed E-state index contributed by atoms with van der Waals surface area (Å²) in [5, 5.41) is 12.4. The van der Waals surface area contributed by atoms with Gasteiger partial charge < -0.3 is 20.2 Å². The molecular weight excluding hydrogens is 242 g/mol. The van der Waals surface area contributed by atoms with Crippen molar-refractivity contribution in [1.82, 2.24) is 15.1 Å². The van der Waals surface area contributed by atoms with Crippen LogP contribution in [-0.4, -0.2) is 72.2 Å². The molecule has 1 heterocycles. The third kappa shape index (κ3) is 5.47. The molecule has 1 saturated heterocycles. The summed E-state index contributed by atoms with van der Waals surface area (Å²) in [5.74, 6) is -0.758. The smallest absolute Gasteiger partial charge is 0.322 e. The molecule has 5 heteroatoms. The number of piperidine rings is 1. The summed E-state index contributed by atoms with van der Waals surface area (Å²) in [6, 6.07) is 0.226. The fourth-order valence-electron chi connectivity index (χ4n) is 2.72. The molecule has 1 atom stereocenters. The number of nitrogens with zero attached hydrogens (tertiary/aromatic N) is 2. The molecule has 0 aliphatic carbocycles. The second kappa shape index (κ2) is 7.82. The maximum absolute atomic E-state index is 11.3. The summed E-state index contributed by atoms with van der Waals surface area (Å²) >= 11 is 0. The van der Waals surface area contributed by atoms with Crippen LogP contribution < -0.4 is 5.32 Å². The Morgan fingerprint density at radius 1 is 1.42 bits per heavy atom. The van der Waals surface area contributed by atoms with Gasteiger partial charge in [-0.05, 0) is 39.5 Å². The maximum Gasteiger partial charge on any atom is 0.322 e. The minimum Gasteiger partial charge on any atom is -0.480 e. The third-order valence-electron chi connectivity index (χ3n) is 3.93. The Kier molecular flexibility index (Phi) is 6.75. The summed E-state index contributed by atoms with van der Waals surface area (Å²) in [7, 11) is 2.05. The van der Waals surface area contributed by atoms with Gasteiger partial charge in [0.25, 0.3) is 0 Å². The lowest BCUT2D eigenvalue weighted by atomic mass is 10.0. The fourth-order valence-corrected chi connectivity index (χ4v) is 2.72. The summed E-state index contributed by atoms with van der Waals surface area (Å²) < 4.78 is 0. The largest absolute Gasteiger partial charge is 0.480 e. The molecule has 0 aromatic heterocycles. The average molecular weight is 271 g/mol. The second-order valence-electron chi connectivity index (χ2n) is 5.82. The first-order valence-corrected chi connectivity index (χ1v) is 7.35. The van der Waals surface area contributed by atoms with Crippen LogP contribution in [0.5, 0.6) is 0 Å². The van der Waals surface area contributed by atoms with E-state index in [1.54, 1.807) is 0 Å². The number of carboxylic acid groups (broad SMARTS) is 1. The topological polar surface area (TPSA) is 55.8 Å². The second-order valence-corrected chi connectivity index (χ2v) is 5.82. The quantitative estimate of drug-likeness (QED) is 0.719. The lowest BCUT2D eigenvalue weighted by Crippen LogP contribution is -2.51. The molecule has 2 N–H and O–H groups in total. The molecule has 0 spiro atoms. The Bertz CT molecular complexity index is 276. The minimum atomic E-state index is -0.758. The van der Waals surface area contributed by atoms with E-state index in [-0.39, 0.29) is 6.04 Å². The number of hydrogen-bond donors (Lipinski definition) is 2. The molecule has 5 nitrogen and oxygen atoms in total. The van der Waals surface area contributed by atoms with Crippen LogP contribution in [0.3, 0.4) is 0 Å². The van der Waals surface area contributed by atoms with Gasteiger partial charge >= 0.3 is 5.97 Å². The van der Waals surface area contributed by atoms with Gasteiger partial charge in [-0.2, -0.15) is 0 Å². The number of carbonyl (C=O) groups is 1. The minimum absolute atomic E-state index is 0.191. The van der Waals surface area contributed by atoms with Gasteiger partial charge in [0.1, 0.15) is 6.04 Å². The zero-order valence-electron chi connectivity index (χ0n) is 12.7. The van der Waals surface area contributed by atoms with Crippen molar-refractivity contribution >= 4 is 5.97 Å². The van der Waals surface area contributed by atoms with Gasteiger partial charge in [0, 0.05) is 18.6 Å². The van der Waals surface area contributed by atoms with E-state index in [0.717, 1.165) is 32.5 Å². The summed E-state index contributed by atoms with van der Waals surface area (Å²) in [4.78, 5) is 15.9. The molecule has 0 amide bonds. The normalized spacial score (nSPS) is 20.1. The SMILES string of the molecule is CCN1CCC(N(C)CC(NC(C)C)C(=O)O)CC1. The third-order valence-corrected chi connectivity index (χ3v) is 3.93. The Hall–Kier alpha value is -0.650. The van der Waals surface area contributed by atoms with Crippen molar-refractivity contribution in [2.45, 2.75) is 51.7 Å². The van der Waals surface area contributed by atoms with Crippen molar-refractivity contribution in [3.63, 3.8) is 0 Å². The zero-order valence-corrected chi connectivity index (χ0v) is 12.7. The van der Waals surface area contributed by atoms with Crippen LogP contribution in [0.2, 0.25) is 0 Å². The molecule has 0 aromatic rings. The van der Waals surface area contributed by atoms with E-state index in [1.807, 2.05) is 20.9 Å². The molecule has 1 rings (SSSR count). The van der Waals surface area contributed by atoms with Gasteiger partial charge in [0.05, 0.1) is 0 Å². The van der Waals surface area contributed by atoms with Crippen molar-refractivity contribution in [3.05, 3.63) is 0 Å². The van der Waals surface area contributed by atoms with Crippen molar-refractivity contribution in [1.29, 1.82) is 0 Å². The first-order chi connectivity index (χ1) is 8.93. The van der Waals surface area contributed by atoms with Crippen LogP contribution >= 0.6 is 0 Å². The standard InChI is InChI=1S/C14H29N3O2/c1-5-17-8-6-12(7-9-17)16(4)10-13(14(18)19)15-11(2)3/h11-13,15H,5-10H2,1-4H3,(H,18,19). The van der Waals surface area contributed by atoms with Crippen molar-refractivity contribution < 1.29 is 9.90 Å². The maximum atomic E-state index is 11.3. The van der Waals surface area contributed by atoms with E-state index >= 15 is 0 Å². The van der Waals surface area contributed by atoms with Crippen LogP contribution in [0.25, 0.3) is 0 Å². The summed E-state index contributed by atoms with van der Waals surface area (Å²) in [5.41, 5.74) is 0. The molecule has 1 unspecified atom stereocenters. The highest BCUT2D eigenvalue weighted by Crippen LogP contribution is 2.15. The fraction of sp³-hybridized carbons (Fsp3) is 0.929. The van der Waals surface area contributed by atoms with Gasteiger partial charge in [0.2, 0.25) is 0 Å². The van der Waals surface area contributed by atoms with Gasteiger partial charge in [-0.1, -0.05) is 20.8 Å². The van der Waals surface area contributed by atoms with E-state index in [9.17, 15) is 9.90 Å². The van der Waals surface area contributed by atoms with Crippen molar-refractivity contribution in [2.24, 2.45) is 0 Å². The average Bonchev–Trinajstić information content (AvgIpc) is 2.37. The van der Waals surface area contributed by atoms with Gasteiger partial charge in [-0.15, -0.1) is 0 Å². The molecule has 1 aliphatic heterocycles. The molecule has 0 radical (unpaired) electrons. The highest BCUT2D eigenvalue weighted by Gasteiger charge is 2.26. The molecule has 0 aromatic carbocycles. The number of aliphatic carboxylic acids is 1. The molecule has 1 fully saturated rings. The lowest BCUT2D eigenvalue weighted by Gasteiger charge is -2.37. The van der Waals surface area contributed by atoms with Crippen LogP contribution in [0.1, 0.15) is 33.6 Å². The van der Waals surface area contributed by atoms with E-state index in [4.69, 9.17) is 0 Å². The van der Waals surface area contributed by atoms with Crippen LogP contribution in [0.4, 0.5) is 0 Å². The van der Waals surface area contributed by atoms with E-state index in [0.29, 0.717) is 12.6 Å². The van der Waals surface area contributed by atoms with Crippen LogP contribution in [0.15, 0.2) is 0 Å². The molecule has 112 valence electrons. The molecular formula is C14H29N3O2. The molecule has 1 aliphatic rings. The van der Waals surface area contributed by atoms with E-state index in [1.165, 1.54) is 0 Å². The Labute approximate surface area is 117 Å². The van der Waals surface area contributed by atoms with Crippen LogP contribution in [0, 0.1) is 0 Å². The zero-order chi connectivity index (χ0) is 14.4. The first kappa shape index (κ1) is 16.4. The Morgan fingerprint density at radius 2 is 2.00 bits per heavy atom. The van der Waals surface area contributed by atoms with E-state index < -0.39 is 12.0 Å². The number of rotatable bonds is 7. The summed E-state index contributed by atoms with van der Waals surface area (Å²) in [6.45, 7) is 10.1. The number of nitrogens with one attached hydrogen (secondary N) is 1. The lowest BCUT2D eigenvalue weighted by molar-refractivity contribution is -0.140. The Morgan fingerprint density at radius 3 is 2.42 bits per heavy atom. The molecule has 0 saturated carbocycles. The predicted molar refractivity (Wildman–Crippen MR) is 77.5 cm³/mol. The first-order valence-electron chi connectivity index (χ1n) is 7.35. The van der Waals surface area contributed by atoms with Crippen molar-refractivity contribution in [3.8, 4) is 0 Å². The van der Waals surface area contributed by atoms with E-state index in [2.05, 4.69) is 22.0 Å². The van der Waals surface area contributed by atoms with Gasteiger partial charge in [0.15, 0.2) is 0 Å². The van der Waals surface area contributed by atoms with Gasteiger partial charge in [-0.3, -0.25) is 4.79 Å². The number of hydrogen-bond acceptors (Lipinski definition) is 4. The predicted octanol–water partition coefficient (Wildman–Crippen LogP) is 0.854. The Balaban J connectivity index is 2.44. The molecule has 0 bridgehead atoms. The highest BCUT2D eigenvalue weighted by atomic mass is 16.4. The highest BCUT2D eigenvalue weighted by molar-refractivity contribution is 5.73. The monoisotopic (exact) mass is 271 g/mol. The number of likely N-dealkylation sites (tertiary alicyclic amines) is 1. The summed E-state index contributed by atoms with van der Waals surface area (Å²) in [6.07, 6.45) is 2.27. The van der Waals surface area contributed by atoms with Crippen LogP contribution in [-0.2, 0) is 4.79 Å². The molecule has 19 heavy (non-hydrogen) atoms. The number of likely N-dealkylation sites (N-methyl/N-ethyl adjacent to an activating group) is 1. The number of carboxylic acids is 1. The van der Waals surface area contributed by atoms with Crippen molar-refractivity contribution in [2.75, 3.05) is 33.2 Å². The van der Waals surface area contributed by atoms with Gasteiger partial charge in [-0.25, -0.2) is 0 Å².